The van der Waals surface area contributed by atoms with E-state index < -0.39 is 0 Å². The Kier molecular flexibility index (Phi) is 5.43. The third kappa shape index (κ3) is 3.96. The molecule has 2 rings (SSSR count). The van der Waals surface area contributed by atoms with Crippen LogP contribution >= 0.6 is 31.9 Å². The lowest BCUT2D eigenvalue weighted by Crippen LogP contribution is -2.24. The molecule has 0 spiro atoms. The average molecular weight is 399 g/mol. The number of hydrogen-bond acceptors (Lipinski definition) is 3. The second-order valence-corrected chi connectivity index (χ2v) is 6.39. The predicted octanol–water partition coefficient (Wildman–Crippen LogP) is 4.61. The molecule has 0 bridgehead atoms. The number of nitrogens with two attached hydrogens (primary N) is 1. The molecule has 2 aromatic rings. The number of hydrogen-bond donors (Lipinski definition) is 1. The summed E-state index contributed by atoms with van der Waals surface area (Å²) in [5.74, 6) is 0.965. The maximum absolute atomic E-state index is 5.73. The highest BCUT2D eigenvalue weighted by molar-refractivity contribution is 9.11. The number of nitrogen functional groups attached to an aromatic ring is 1. The van der Waals surface area contributed by atoms with Crippen molar-refractivity contribution < 1.29 is 0 Å². The van der Waals surface area contributed by atoms with Crippen LogP contribution < -0.4 is 10.6 Å². The Morgan fingerprint density at radius 2 is 1.90 bits per heavy atom. The maximum Gasteiger partial charge on any atom is 0.143 e. The molecule has 0 amide bonds. The Morgan fingerprint density at radius 1 is 1.20 bits per heavy atom. The number of nitrogens with zero attached hydrogens (tertiary/aromatic N) is 2. The maximum atomic E-state index is 5.73. The van der Waals surface area contributed by atoms with Crippen molar-refractivity contribution in [2.24, 2.45) is 0 Å². The number of aromatic nitrogens is 1. The van der Waals surface area contributed by atoms with Gasteiger partial charge in [-0.2, -0.15) is 0 Å². The summed E-state index contributed by atoms with van der Waals surface area (Å²) in [6.45, 7) is 3.95. The third-order valence-corrected chi connectivity index (χ3v) is 3.95. The average Bonchev–Trinajstić information content (AvgIpc) is 2.41. The molecule has 0 aliphatic carbocycles. The van der Waals surface area contributed by atoms with Crippen LogP contribution in [0.3, 0.4) is 0 Å². The monoisotopic (exact) mass is 397 g/mol. The van der Waals surface area contributed by atoms with E-state index in [4.69, 9.17) is 5.73 Å². The van der Waals surface area contributed by atoms with Crippen molar-refractivity contribution in [1.29, 1.82) is 0 Å². The van der Waals surface area contributed by atoms with Crippen molar-refractivity contribution >= 4 is 43.4 Å². The Morgan fingerprint density at radius 3 is 2.50 bits per heavy atom. The lowest BCUT2D eigenvalue weighted by atomic mass is 10.2. The molecular formula is C15H17Br2N3. The molecule has 1 aromatic heterocycles. The van der Waals surface area contributed by atoms with E-state index in [1.54, 1.807) is 0 Å². The first-order valence-electron chi connectivity index (χ1n) is 6.50. The van der Waals surface area contributed by atoms with Gasteiger partial charge in [0.2, 0.25) is 0 Å². The molecule has 2 N–H and O–H groups in total. The van der Waals surface area contributed by atoms with Gasteiger partial charge < -0.3 is 10.6 Å². The lowest BCUT2D eigenvalue weighted by Gasteiger charge is -2.24. The number of rotatable bonds is 5. The van der Waals surface area contributed by atoms with Gasteiger partial charge in [-0.1, -0.05) is 19.1 Å². The summed E-state index contributed by atoms with van der Waals surface area (Å²) < 4.78 is 1.97. The van der Waals surface area contributed by atoms with Gasteiger partial charge in [-0.25, -0.2) is 4.98 Å². The fourth-order valence-corrected chi connectivity index (χ4v) is 3.25. The molecule has 1 heterocycles. The highest BCUT2D eigenvalue weighted by atomic mass is 79.9. The van der Waals surface area contributed by atoms with Crippen molar-refractivity contribution in [3.05, 3.63) is 51.0 Å². The van der Waals surface area contributed by atoms with Crippen LogP contribution in [0.2, 0.25) is 0 Å². The van der Waals surface area contributed by atoms with Gasteiger partial charge in [0.25, 0.3) is 0 Å². The minimum Gasteiger partial charge on any atom is -0.399 e. The van der Waals surface area contributed by atoms with Gasteiger partial charge in [0.1, 0.15) is 5.82 Å². The SMILES string of the molecule is CCCN(Cc1ccc(N)cc1)c1ncc(Br)cc1Br. The van der Waals surface area contributed by atoms with E-state index in [9.17, 15) is 0 Å². The van der Waals surface area contributed by atoms with Gasteiger partial charge in [0.05, 0.1) is 4.47 Å². The van der Waals surface area contributed by atoms with Crippen LogP contribution in [0.5, 0.6) is 0 Å². The number of pyridine rings is 1. The summed E-state index contributed by atoms with van der Waals surface area (Å²) in [5, 5.41) is 0. The van der Waals surface area contributed by atoms with Crippen LogP contribution in [-0.4, -0.2) is 11.5 Å². The number of anilines is 2. The first-order chi connectivity index (χ1) is 9.60. The molecule has 106 valence electrons. The van der Waals surface area contributed by atoms with E-state index in [2.05, 4.69) is 60.8 Å². The second kappa shape index (κ2) is 7.09. The molecule has 0 radical (unpaired) electrons. The Balaban J connectivity index is 2.24. The third-order valence-electron chi connectivity index (χ3n) is 2.93. The normalized spacial score (nSPS) is 10.6. The van der Waals surface area contributed by atoms with E-state index in [0.29, 0.717) is 0 Å². The van der Waals surface area contributed by atoms with Crippen molar-refractivity contribution in [1.82, 2.24) is 4.98 Å². The lowest BCUT2D eigenvalue weighted by molar-refractivity contribution is 0.752. The van der Waals surface area contributed by atoms with Crippen LogP contribution in [-0.2, 0) is 6.54 Å². The van der Waals surface area contributed by atoms with Crippen LogP contribution in [0.25, 0.3) is 0 Å². The summed E-state index contributed by atoms with van der Waals surface area (Å²) in [6.07, 6.45) is 2.89. The molecule has 20 heavy (non-hydrogen) atoms. The molecule has 5 heteroatoms. The Labute approximate surface area is 136 Å². The molecule has 1 aromatic carbocycles. The Bertz CT molecular complexity index is 570. The van der Waals surface area contributed by atoms with Gasteiger partial charge >= 0.3 is 0 Å². The van der Waals surface area contributed by atoms with E-state index in [-0.39, 0.29) is 0 Å². The summed E-state index contributed by atoms with van der Waals surface area (Å²) in [4.78, 5) is 6.78. The molecule has 0 saturated heterocycles. The highest BCUT2D eigenvalue weighted by Crippen LogP contribution is 2.28. The summed E-state index contributed by atoms with van der Waals surface area (Å²) >= 11 is 7.02. The fourth-order valence-electron chi connectivity index (χ4n) is 2.01. The minimum atomic E-state index is 0.790. The largest absolute Gasteiger partial charge is 0.399 e. The molecule has 0 aliphatic heterocycles. The zero-order valence-electron chi connectivity index (χ0n) is 11.3. The summed E-state index contributed by atoms with van der Waals surface area (Å²) in [5.41, 5.74) is 7.75. The molecule has 0 atom stereocenters. The van der Waals surface area contributed by atoms with Gasteiger partial charge in [0.15, 0.2) is 0 Å². The van der Waals surface area contributed by atoms with E-state index in [0.717, 1.165) is 40.0 Å². The quantitative estimate of drug-likeness (QED) is 0.748. The van der Waals surface area contributed by atoms with Crippen LogP contribution in [0.15, 0.2) is 45.5 Å². The Hall–Kier alpha value is -1.07. The molecule has 0 unspecified atom stereocenters. The summed E-state index contributed by atoms with van der Waals surface area (Å²) in [6, 6.07) is 10.0. The first kappa shape index (κ1) is 15.3. The standard InChI is InChI=1S/C15H17Br2N3/c1-2-7-20(10-11-3-5-13(18)6-4-11)15-14(17)8-12(16)9-19-15/h3-6,8-9H,2,7,10,18H2,1H3. The molecule has 0 aliphatic rings. The molecular weight excluding hydrogens is 382 g/mol. The van der Waals surface area contributed by atoms with E-state index >= 15 is 0 Å². The zero-order valence-corrected chi connectivity index (χ0v) is 14.5. The van der Waals surface area contributed by atoms with Crippen molar-refractivity contribution in [3.63, 3.8) is 0 Å². The molecule has 0 saturated carbocycles. The van der Waals surface area contributed by atoms with Crippen LogP contribution in [0.1, 0.15) is 18.9 Å². The van der Waals surface area contributed by atoms with Gasteiger partial charge in [-0.3, -0.25) is 0 Å². The number of benzene rings is 1. The van der Waals surface area contributed by atoms with Gasteiger partial charge in [0, 0.05) is 29.4 Å². The van der Waals surface area contributed by atoms with Gasteiger partial charge in [-0.05, 0) is 62.0 Å². The zero-order chi connectivity index (χ0) is 14.5. The van der Waals surface area contributed by atoms with Crippen molar-refractivity contribution in [2.45, 2.75) is 19.9 Å². The molecule has 3 nitrogen and oxygen atoms in total. The van der Waals surface area contributed by atoms with E-state index in [1.807, 2.05) is 24.4 Å². The summed E-state index contributed by atoms with van der Waals surface area (Å²) in [7, 11) is 0. The van der Waals surface area contributed by atoms with Crippen molar-refractivity contribution in [2.75, 3.05) is 17.2 Å². The highest BCUT2D eigenvalue weighted by Gasteiger charge is 2.12. The van der Waals surface area contributed by atoms with Crippen LogP contribution in [0.4, 0.5) is 11.5 Å². The van der Waals surface area contributed by atoms with Crippen LogP contribution in [0, 0.1) is 0 Å². The van der Waals surface area contributed by atoms with Gasteiger partial charge in [-0.15, -0.1) is 0 Å². The van der Waals surface area contributed by atoms with E-state index in [1.165, 1.54) is 5.56 Å². The second-order valence-electron chi connectivity index (χ2n) is 4.62. The first-order valence-corrected chi connectivity index (χ1v) is 8.09. The topological polar surface area (TPSA) is 42.1 Å². The fraction of sp³-hybridized carbons (Fsp3) is 0.267. The number of halogens is 2. The molecule has 0 fully saturated rings. The van der Waals surface area contributed by atoms with Crippen molar-refractivity contribution in [3.8, 4) is 0 Å². The predicted molar refractivity (Wildman–Crippen MR) is 91.8 cm³/mol. The minimum absolute atomic E-state index is 0.790. The smallest absolute Gasteiger partial charge is 0.143 e.